The molecule has 0 spiro atoms. The van der Waals surface area contributed by atoms with Gasteiger partial charge in [-0.05, 0) is 19.8 Å². The number of rotatable bonds is 5. The van der Waals surface area contributed by atoms with E-state index in [1.165, 1.54) is 4.68 Å². The topological polar surface area (TPSA) is 67.2 Å². The lowest BCUT2D eigenvalue weighted by Crippen LogP contribution is -2.25. The van der Waals surface area contributed by atoms with Crippen LogP contribution in [0.15, 0.2) is 11.0 Å². The minimum atomic E-state index is -0.284. The number of anilines is 1. The Hall–Kier alpha value is -1.07. The predicted octanol–water partition coefficient (Wildman–Crippen LogP) is 1.10. The summed E-state index contributed by atoms with van der Waals surface area (Å²) in [6.07, 6.45) is 3.57. The molecular weight excluding hydrogens is 242 g/mol. The van der Waals surface area contributed by atoms with Crippen molar-refractivity contribution < 1.29 is 5.11 Å². The van der Waals surface area contributed by atoms with Gasteiger partial charge in [0.1, 0.15) is 5.02 Å². The molecule has 5 nitrogen and oxygen atoms in total. The van der Waals surface area contributed by atoms with E-state index in [9.17, 15) is 9.90 Å². The Bertz CT molecular complexity index is 468. The van der Waals surface area contributed by atoms with Gasteiger partial charge < -0.3 is 10.4 Å². The zero-order valence-electron chi connectivity index (χ0n) is 9.74. The molecule has 6 heteroatoms. The highest BCUT2D eigenvalue weighted by atomic mass is 35.5. The molecule has 0 unspecified atom stereocenters. The molecular formula is C11H16ClN3O2. The average molecular weight is 258 g/mol. The van der Waals surface area contributed by atoms with E-state index in [1.54, 1.807) is 6.20 Å². The minimum Gasteiger partial charge on any atom is -0.396 e. The van der Waals surface area contributed by atoms with Crippen LogP contribution in [0.3, 0.4) is 0 Å². The summed E-state index contributed by atoms with van der Waals surface area (Å²) in [6, 6.07) is 0. The summed E-state index contributed by atoms with van der Waals surface area (Å²) in [5.41, 5.74) is 0.234. The summed E-state index contributed by atoms with van der Waals surface area (Å²) in [4.78, 5) is 11.7. The van der Waals surface area contributed by atoms with Crippen molar-refractivity contribution in [3.05, 3.63) is 21.6 Å². The van der Waals surface area contributed by atoms with Crippen LogP contribution in [0.2, 0.25) is 5.02 Å². The van der Waals surface area contributed by atoms with Gasteiger partial charge in [0.15, 0.2) is 0 Å². The smallest absolute Gasteiger partial charge is 0.287 e. The van der Waals surface area contributed by atoms with Gasteiger partial charge in [0, 0.05) is 18.5 Å². The Morgan fingerprint density at radius 1 is 1.65 bits per heavy atom. The van der Waals surface area contributed by atoms with Crippen molar-refractivity contribution in [1.82, 2.24) is 9.78 Å². The first-order chi connectivity index (χ1) is 8.12. The van der Waals surface area contributed by atoms with E-state index in [-0.39, 0.29) is 22.6 Å². The van der Waals surface area contributed by atoms with Gasteiger partial charge >= 0.3 is 0 Å². The van der Waals surface area contributed by atoms with Gasteiger partial charge in [-0.2, -0.15) is 5.10 Å². The van der Waals surface area contributed by atoms with E-state index in [0.29, 0.717) is 18.8 Å². The molecule has 0 amide bonds. The van der Waals surface area contributed by atoms with Crippen LogP contribution in [0.5, 0.6) is 0 Å². The molecule has 1 aliphatic rings. The van der Waals surface area contributed by atoms with Crippen molar-refractivity contribution in [2.24, 2.45) is 5.41 Å². The number of nitrogens with one attached hydrogen (secondary N) is 1. The van der Waals surface area contributed by atoms with Crippen LogP contribution in [0, 0.1) is 5.41 Å². The van der Waals surface area contributed by atoms with Gasteiger partial charge in [-0.15, -0.1) is 0 Å². The van der Waals surface area contributed by atoms with Gasteiger partial charge in [0.25, 0.3) is 5.56 Å². The van der Waals surface area contributed by atoms with Gasteiger partial charge in [-0.25, -0.2) is 4.68 Å². The second-order valence-corrected chi connectivity index (χ2v) is 4.88. The van der Waals surface area contributed by atoms with Crippen LogP contribution in [-0.4, -0.2) is 28.0 Å². The molecule has 1 aromatic heterocycles. The molecule has 94 valence electrons. The van der Waals surface area contributed by atoms with Crippen LogP contribution in [0.25, 0.3) is 0 Å². The predicted molar refractivity (Wildman–Crippen MR) is 66.4 cm³/mol. The first-order valence-electron chi connectivity index (χ1n) is 5.72. The van der Waals surface area contributed by atoms with Gasteiger partial charge in [-0.1, -0.05) is 11.6 Å². The molecule has 0 bridgehead atoms. The Balaban J connectivity index is 2.12. The van der Waals surface area contributed by atoms with E-state index in [2.05, 4.69) is 10.4 Å². The number of hydrogen-bond acceptors (Lipinski definition) is 4. The summed E-state index contributed by atoms with van der Waals surface area (Å²) in [7, 11) is 0. The van der Waals surface area contributed by atoms with Crippen LogP contribution in [-0.2, 0) is 6.54 Å². The highest BCUT2D eigenvalue weighted by Crippen LogP contribution is 2.45. The van der Waals surface area contributed by atoms with Crippen LogP contribution in [0.1, 0.15) is 19.8 Å². The number of aliphatic hydroxyl groups is 1. The fourth-order valence-electron chi connectivity index (χ4n) is 1.66. The Morgan fingerprint density at radius 3 is 2.88 bits per heavy atom. The van der Waals surface area contributed by atoms with Crippen molar-refractivity contribution in [2.75, 3.05) is 18.5 Å². The fourth-order valence-corrected chi connectivity index (χ4v) is 1.88. The van der Waals surface area contributed by atoms with Crippen LogP contribution >= 0.6 is 11.6 Å². The zero-order chi connectivity index (χ0) is 12.5. The maximum absolute atomic E-state index is 11.7. The van der Waals surface area contributed by atoms with E-state index < -0.39 is 0 Å². The minimum absolute atomic E-state index is 0.0249. The Labute approximate surface area is 104 Å². The first kappa shape index (κ1) is 12.4. The molecule has 1 heterocycles. The molecule has 0 aliphatic heterocycles. The molecule has 0 atom stereocenters. The molecule has 2 N–H and O–H groups in total. The average Bonchev–Trinajstić information content (AvgIpc) is 3.12. The van der Waals surface area contributed by atoms with Crippen molar-refractivity contribution >= 4 is 17.3 Å². The Morgan fingerprint density at radius 2 is 2.35 bits per heavy atom. The fraction of sp³-hybridized carbons (Fsp3) is 0.636. The number of aliphatic hydroxyl groups excluding tert-OH is 1. The monoisotopic (exact) mass is 257 g/mol. The van der Waals surface area contributed by atoms with Crippen LogP contribution in [0.4, 0.5) is 5.69 Å². The first-order valence-corrected chi connectivity index (χ1v) is 6.10. The van der Waals surface area contributed by atoms with E-state index >= 15 is 0 Å². The maximum Gasteiger partial charge on any atom is 0.287 e. The number of aryl methyl sites for hydroxylation is 1. The number of halogens is 1. The quantitative estimate of drug-likeness (QED) is 0.829. The highest BCUT2D eigenvalue weighted by Gasteiger charge is 2.41. The summed E-state index contributed by atoms with van der Waals surface area (Å²) in [5, 5.41) is 16.4. The lowest BCUT2D eigenvalue weighted by atomic mass is 10.1. The van der Waals surface area contributed by atoms with E-state index in [1.807, 2.05) is 6.92 Å². The zero-order valence-corrected chi connectivity index (χ0v) is 10.5. The third-order valence-electron chi connectivity index (χ3n) is 3.23. The third-order valence-corrected chi connectivity index (χ3v) is 3.60. The van der Waals surface area contributed by atoms with Gasteiger partial charge in [-0.3, -0.25) is 4.79 Å². The summed E-state index contributed by atoms with van der Waals surface area (Å²) in [6.45, 7) is 3.12. The number of nitrogens with zero attached hydrogens (tertiary/aromatic N) is 2. The second-order valence-electron chi connectivity index (χ2n) is 4.50. The normalized spacial score (nSPS) is 16.9. The van der Waals surface area contributed by atoms with Crippen LogP contribution < -0.4 is 10.9 Å². The van der Waals surface area contributed by atoms with Crippen molar-refractivity contribution in [2.45, 2.75) is 26.3 Å². The summed E-state index contributed by atoms with van der Waals surface area (Å²) in [5.74, 6) is 0. The van der Waals surface area contributed by atoms with E-state index in [4.69, 9.17) is 11.6 Å². The molecule has 1 aliphatic carbocycles. The highest BCUT2D eigenvalue weighted by molar-refractivity contribution is 6.32. The summed E-state index contributed by atoms with van der Waals surface area (Å²) < 4.78 is 1.31. The van der Waals surface area contributed by atoms with Gasteiger partial charge in [0.2, 0.25) is 0 Å². The molecule has 1 saturated carbocycles. The maximum atomic E-state index is 11.7. The molecule has 17 heavy (non-hydrogen) atoms. The largest absolute Gasteiger partial charge is 0.396 e. The SMILES string of the molecule is CCn1ncc(NCC2(CO)CC2)c(Cl)c1=O. The molecule has 1 fully saturated rings. The molecule has 2 rings (SSSR count). The standard InChI is InChI=1S/C11H16ClN3O2/c1-2-15-10(17)9(12)8(5-14-15)13-6-11(7-16)3-4-11/h5,13,16H,2-4,6-7H2,1H3. The molecule has 1 aromatic rings. The van der Waals surface area contributed by atoms with E-state index in [0.717, 1.165) is 12.8 Å². The summed E-state index contributed by atoms with van der Waals surface area (Å²) >= 11 is 5.97. The molecule has 0 radical (unpaired) electrons. The molecule has 0 aromatic carbocycles. The van der Waals surface area contributed by atoms with Crippen molar-refractivity contribution in [3.8, 4) is 0 Å². The Kier molecular flexibility index (Phi) is 3.40. The lowest BCUT2D eigenvalue weighted by molar-refractivity contribution is 0.220. The van der Waals surface area contributed by atoms with Gasteiger partial charge in [0.05, 0.1) is 18.5 Å². The number of aromatic nitrogens is 2. The lowest BCUT2D eigenvalue weighted by Gasteiger charge is -2.14. The second kappa shape index (κ2) is 4.66. The van der Waals surface area contributed by atoms with Crippen molar-refractivity contribution in [1.29, 1.82) is 0 Å². The number of hydrogen-bond donors (Lipinski definition) is 2. The van der Waals surface area contributed by atoms with Crippen molar-refractivity contribution in [3.63, 3.8) is 0 Å². The molecule has 0 saturated heterocycles. The third kappa shape index (κ3) is 2.45.